The molecule has 0 spiro atoms. The summed E-state index contributed by atoms with van der Waals surface area (Å²) in [7, 11) is 2.08. The van der Waals surface area contributed by atoms with E-state index in [9.17, 15) is 4.79 Å². The van der Waals surface area contributed by atoms with Crippen LogP contribution in [0.25, 0.3) is 44.0 Å². The van der Waals surface area contributed by atoms with Crippen LogP contribution >= 0.6 is 27.3 Å². The van der Waals surface area contributed by atoms with Gasteiger partial charge in [0.25, 0.3) is 0 Å². The van der Waals surface area contributed by atoms with E-state index in [2.05, 4.69) is 79.5 Å². The molecule has 3 aromatic heterocycles. The molecule has 3 heterocycles. The third-order valence-electron chi connectivity index (χ3n) is 5.79. The van der Waals surface area contributed by atoms with E-state index in [1.807, 2.05) is 23.6 Å². The van der Waals surface area contributed by atoms with Gasteiger partial charge in [-0.25, -0.2) is 9.78 Å². The number of anilines is 1. The Balaban J connectivity index is 1.26. The van der Waals surface area contributed by atoms with Gasteiger partial charge in [0.15, 0.2) is 0 Å². The van der Waals surface area contributed by atoms with Crippen LogP contribution in [0.1, 0.15) is 5.56 Å². The predicted octanol–water partition coefficient (Wildman–Crippen LogP) is 6.77. The molecule has 1 N–H and O–H groups in total. The molecule has 3 aromatic carbocycles. The summed E-state index contributed by atoms with van der Waals surface area (Å²) in [5.74, 6) is 0. The summed E-state index contributed by atoms with van der Waals surface area (Å²) >= 11 is 4.82. The van der Waals surface area contributed by atoms with Gasteiger partial charge in [0.1, 0.15) is 5.58 Å². The number of para-hydroxylation sites is 1. The first-order valence-electron chi connectivity index (χ1n) is 10.5. The third kappa shape index (κ3) is 3.61. The number of rotatable bonds is 4. The van der Waals surface area contributed by atoms with Crippen LogP contribution in [-0.4, -0.2) is 15.8 Å². The molecule has 0 aliphatic carbocycles. The van der Waals surface area contributed by atoms with E-state index in [4.69, 9.17) is 4.42 Å². The van der Waals surface area contributed by atoms with Crippen LogP contribution in [0.5, 0.6) is 0 Å². The molecule has 0 bridgehead atoms. The predicted molar refractivity (Wildman–Crippen MR) is 143 cm³/mol. The number of aryl methyl sites for hydroxylation is 1. The third-order valence-corrected chi connectivity index (χ3v) is 7.03. The minimum absolute atomic E-state index is 0.417. The summed E-state index contributed by atoms with van der Waals surface area (Å²) in [5.41, 5.74) is 7.42. The average molecular weight is 529 g/mol. The number of hydrazone groups is 1. The zero-order chi connectivity index (χ0) is 23.2. The lowest BCUT2D eigenvalue weighted by Gasteiger charge is -2.00. The number of halogens is 1. The molecule has 0 radical (unpaired) electrons. The first-order chi connectivity index (χ1) is 16.6. The van der Waals surface area contributed by atoms with E-state index in [0.717, 1.165) is 15.4 Å². The quantitative estimate of drug-likeness (QED) is 0.155. The van der Waals surface area contributed by atoms with Gasteiger partial charge in [-0.15, -0.1) is 11.3 Å². The molecule has 0 atom stereocenters. The first kappa shape index (κ1) is 20.8. The van der Waals surface area contributed by atoms with Crippen molar-refractivity contribution in [2.24, 2.45) is 12.1 Å². The van der Waals surface area contributed by atoms with Crippen molar-refractivity contribution in [2.45, 2.75) is 0 Å². The molecule has 6 aromatic rings. The average Bonchev–Trinajstić information content (AvgIpc) is 3.42. The minimum Gasteiger partial charge on any atom is -0.422 e. The molecule has 6 nitrogen and oxygen atoms in total. The monoisotopic (exact) mass is 528 g/mol. The van der Waals surface area contributed by atoms with Gasteiger partial charge in [-0.2, -0.15) is 5.10 Å². The van der Waals surface area contributed by atoms with E-state index < -0.39 is 5.63 Å². The topological polar surface area (TPSA) is 72.4 Å². The maximum atomic E-state index is 12.5. The summed E-state index contributed by atoms with van der Waals surface area (Å²) < 4.78 is 8.57. The summed E-state index contributed by atoms with van der Waals surface area (Å²) in [4.78, 5) is 17.0. The summed E-state index contributed by atoms with van der Waals surface area (Å²) in [6, 6.07) is 22.0. The lowest BCUT2D eigenvalue weighted by molar-refractivity contribution is 0.563. The summed E-state index contributed by atoms with van der Waals surface area (Å²) in [6.45, 7) is 0. The Morgan fingerprint density at radius 3 is 2.82 bits per heavy atom. The van der Waals surface area contributed by atoms with Crippen molar-refractivity contribution in [1.29, 1.82) is 0 Å². The van der Waals surface area contributed by atoms with E-state index in [-0.39, 0.29) is 0 Å². The largest absolute Gasteiger partial charge is 0.422 e. The van der Waals surface area contributed by atoms with Crippen LogP contribution in [0.4, 0.5) is 5.13 Å². The van der Waals surface area contributed by atoms with Crippen LogP contribution in [0.3, 0.4) is 0 Å². The SMILES string of the molecule is Cn1c2ccccc2c2cc(C=NNc3nc(-c4cc5cc(Br)ccc5oc4=O)cs3)ccc21. The highest BCUT2D eigenvalue weighted by molar-refractivity contribution is 9.10. The van der Waals surface area contributed by atoms with Crippen molar-refractivity contribution >= 4 is 71.4 Å². The van der Waals surface area contributed by atoms with Gasteiger partial charge in [-0.05, 0) is 48.0 Å². The molecule has 0 aliphatic rings. The van der Waals surface area contributed by atoms with Gasteiger partial charge in [0.2, 0.25) is 5.13 Å². The lowest BCUT2D eigenvalue weighted by atomic mass is 10.1. The van der Waals surface area contributed by atoms with Gasteiger partial charge in [-0.3, -0.25) is 5.43 Å². The number of fused-ring (bicyclic) bond motifs is 4. The number of hydrogen-bond donors (Lipinski definition) is 1. The molecule has 0 amide bonds. The Hall–Kier alpha value is -3.75. The number of thiazole rings is 1. The molecule has 0 saturated heterocycles. The molecule has 0 fully saturated rings. The molecule has 0 aliphatic heterocycles. The molecular weight excluding hydrogens is 512 g/mol. The molecule has 6 rings (SSSR count). The van der Waals surface area contributed by atoms with Crippen molar-refractivity contribution in [3.05, 3.63) is 92.6 Å². The first-order valence-corrected chi connectivity index (χ1v) is 12.2. The maximum Gasteiger partial charge on any atom is 0.345 e. The van der Waals surface area contributed by atoms with Gasteiger partial charge < -0.3 is 8.98 Å². The standard InChI is InChI=1S/C26H17BrN4O2S/c1-31-22-5-3-2-4-18(22)19-10-15(6-8-23(19)31)13-28-30-26-29-21(14-34-26)20-12-16-11-17(27)7-9-24(16)33-25(20)32/h2-14H,1H3,(H,29,30). The Bertz CT molecular complexity index is 1800. The van der Waals surface area contributed by atoms with Crippen LogP contribution in [0.2, 0.25) is 0 Å². The molecule has 166 valence electrons. The molecule has 0 unspecified atom stereocenters. The highest BCUT2D eigenvalue weighted by Gasteiger charge is 2.12. The van der Waals surface area contributed by atoms with E-state index in [0.29, 0.717) is 22.0 Å². The fourth-order valence-corrected chi connectivity index (χ4v) is 5.19. The molecular formula is C26H17BrN4O2S. The van der Waals surface area contributed by atoms with Crippen LogP contribution in [0, 0.1) is 0 Å². The lowest BCUT2D eigenvalue weighted by Crippen LogP contribution is -2.03. The highest BCUT2D eigenvalue weighted by atomic mass is 79.9. The number of benzene rings is 3. The zero-order valence-electron chi connectivity index (χ0n) is 17.9. The van der Waals surface area contributed by atoms with E-state index in [1.165, 1.54) is 33.1 Å². The minimum atomic E-state index is -0.418. The Morgan fingerprint density at radius 1 is 1.06 bits per heavy atom. The summed E-state index contributed by atoms with van der Waals surface area (Å²) in [5, 5.41) is 9.99. The van der Waals surface area contributed by atoms with Crippen molar-refractivity contribution < 1.29 is 4.42 Å². The van der Waals surface area contributed by atoms with Crippen molar-refractivity contribution in [1.82, 2.24) is 9.55 Å². The maximum absolute atomic E-state index is 12.5. The fourth-order valence-electron chi connectivity index (χ4n) is 4.15. The van der Waals surface area contributed by atoms with Crippen LogP contribution in [-0.2, 0) is 7.05 Å². The van der Waals surface area contributed by atoms with Crippen molar-refractivity contribution in [3.63, 3.8) is 0 Å². The Kier molecular flexibility index (Phi) is 5.04. The Morgan fingerprint density at radius 2 is 1.91 bits per heavy atom. The van der Waals surface area contributed by atoms with Crippen LogP contribution in [0.15, 0.2) is 90.9 Å². The number of aromatic nitrogens is 2. The second kappa shape index (κ2) is 8.23. The van der Waals surface area contributed by atoms with Crippen molar-refractivity contribution in [2.75, 3.05) is 5.43 Å². The second-order valence-corrected chi connectivity index (χ2v) is 9.66. The normalized spacial score (nSPS) is 11.8. The fraction of sp³-hybridized carbons (Fsp3) is 0.0385. The molecule has 34 heavy (non-hydrogen) atoms. The highest BCUT2D eigenvalue weighted by Crippen LogP contribution is 2.29. The van der Waals surface area contributed by atoms with Gasteiger partial charge >= 0.3 is 5.63 Å². The van der Waals surface area contributed by atoms with Gasteiger partial charge in [-0.1, -0.05) is 40.2 Å². The number of nitrogens with one attached hydrogen (secondary N) is 1. The van der Waals surface area contributed by atoms with E-state index >= 15 is 0 Å². The smallest absolute Gasteiger partial charge is 0.345 e. The summed E-state index contributed by atoms with van der Waals surface area (Å²) in [6.07, 6.45) is 1.77. The van der Waals surface area contributed by atoms with Crippen molar-refractivity contribution in [3.8, 4) is 11.3 Å². The number of hydrogen-bond acceptors (Lipinski definition) is 6. The van der Waals surface area contributed by atoms with Gasteiger partial charge in [0, 0.05) is 44.1 Å². The second-order valence-electron chi connectivity index (χ2n) is 7.89. The molecule has 0 saturated carbocycles. The zero-order valence-corrected chi connectivity index (χ0v) is 20.4. The van der Waals surface area contributed by atoms with E-state index in [1.54, 1.807) is 18.3 Å². The molecule has 8 heteroatoms. The van der Waals surface area contributed by atoms with Crippen LogP contribution < -0.4 is 11.1 Å². The Labute approximate surface area is 206 Å². The van der Waals surface area contributed by atoms with Gasteiger partial charge in [0.05, 0.1) is 17.5 Å². The number of nitrogens with zero attached hydrogens (tertiary/aromatic N) is 3.